The van der Waals surface area contributed by atoms with Crippen LogP contribution in [0.2, 0.25) is 0 Å². The third-order valence-electron chi connectivity index (χ3n) is 3.98. The highest BCUT2D eigenvalue weighted by atomic mass is 16.3. The topological polar surface area (TPSA) is 86.1 Å². The number of nitrogens with zero attached hydrogens (tertiary/aromatic N) is 2. The van der Waals surface area contributed by atoms with Crippen LogP contribution in [0.4, 0.5) is 5.95 Å². The summed E-state index contributed by atoms with van der Waals surface area (Å²) in [5, 5.41) is 6.45. The second kappa shape index (κ2) is 6.27. The maximum absolute atomic E-state index is 12.4. The average Bonchev–Trinajstić information content (AvgIpc) is 3.14. The Labute approximate surface area is 144 Å². The van der Waals surface area contributed by atoms with Crippen LogP contribution in [0.3, 0.4) is 0 Å². The summed E-state index contributed by atoms with van der Waals surface area (Å²) >= 11 is 0. The number of guanidine groups is 1. The number of aryl methyl sites for hydroxylation is 1. The van der Waals surface area contributed by atoms with Gasteiger partial charge in [-0.05, 0) is 24.6 Å². The molecule has 1 atom stereocenters. The van der Waals surface area contributed by atoms with Crippen molar-refractivity contribution < 1.29 is 9.41 Å². The maximum atomic E-state index is 12.4. The number of benzene rings is 1. The van der Waals surface area contributed by atoms with E-state index in [1.807, 2.05) is 36.4 Å². The highest BCUT2D eigenvalue weighted by Gasteiger charge is 2.30. The molecule has 1 aliphatic rings. The monoisotopic (exact) mass is 336 g/mol. The summed E-state index contributed by atoms with van der Waals surface area (Å²) in [5.41, 5.74) is 1.66. The van der Waals surface area contributed by atoms with Crippen LogP contribution in [-0.4, -0.2) is 15.5 Å². The van der Waals surface area contributed by atoms with Gasteiger partial charge in [-0.3, -0.25) is 10.1 Å². The lowest BCUT2D eigenvalue weighted by atomic mass is 10.2. The van der Waals surface area contributed by atoms with Crippen LogP contribution < -0.4 is 21.2 Å². The molecule has 3 aromatic rings. The van der Waals surface area contributed by atoms with E-state index in [-0.39, 0.29) is 5.56 Å². The van der Waals surface area contributed by atoms with Gasteiger partial charge in [0.2, 0.25) is 6.17 Å². The lowest BCUT2D eigenvalue weighted by Gasteiger charge is -2.21. The standard InChI is InChI=1S/C18H17N5O2/c1-12-10-15(24)23-16(14-8-5-9-25-14)21-17(22-18(23)20-12)19-11-13-6-3-2-4-7-13/h2-10,16H,11H2,1H3,(H2,19,20,21,22)/p+1/t16-/m0/s1. The van der Waals surface area contributed by atoms with Crippen LogP contribution in [0.15, 0.2) is 64.0 Å². The largest absolute Gasteiger partial charge is 0.464 e. The lowest BCUT2D eigenvalue weighted by Crippen LogP contribution is -2.83. The van der Waals surface area contributed by atoms with Crippen molar-refractivity contribution in [2.24, 2.45) is 0 Å². The zero-order chi connectivity index (χ0) is 17.2. The zero-order valence-corrected chi connectivity index (χ0v) is 13.7. The highest BCUT2D eigenvalue weighted by molar-refractivity contribution is 5.88. The number of hydrogen-bond donors (Lipinski definition) is 3. The van der Waals surface area contributed by atoms with E-state index in [9.17, 15) is 4.79 Å². The Kier molecular flexibility index (Phi) is 3.81. The van der Waals surface area contributed by atoms with Crippen LogP contribution in [-0.2, 0) is 6.54 Å². The number of rotatable bonds is 3. The Morgan fingerprint density at radius 1 is 1.28 bits per heavy atom. The molecule has 126 valence electrons. The van der Waals surface area contributed by atoms with E-state index in [0.717, 1.165) is 5.56 Å². The summed E-state index contributed by atoms with van der Waals surface area (Å²) in [7, 11) is 0. The highest BCUT2D eigenvalue weighted by Crippen LogP contribution is 2.16. The Morgan fingerprint density at radius 2 is 2.12 bits per heavy atom. The molecule has 0 bridgehead atoms. The molecule has 2 aromatic heterocycles. The first kappa shape index (κ1) is 15.2. The number of furan rings is 1. The van der Waals surface area contributed by atoms with Gasteiger partial charge in [0.25, 0.3) is 11.5 Å². The maximum Gasteiger partial charge on any atom is 0.353 e. The Bertz CT molecular complexity index is 961. The van der Waals surface area contributed by atoms with E-state index in [4.69, 9.17) is 4.42 Å². The minimum Gasteiger partial charge on any atom is -0.464 e. The van der Waals surface area contributed by atoms with Gasteiger partial charge in [0.15, 0.2) is 5.76 Å². The van der Waals surface area contributed by atoms with E-state index in [2.05, 4.69) is 20.6 Å². The molecule has 0 spiro atoms. The minimum atomic E-state index is -0.467. The molecule has 0 fully saturated rings. The fourth-order valence-electron chi connectivity index (χ4n) is 2.82. The SMILES string of the molecule is Cc1cc(=O)n2c(n1)NC(NCc1ccccc1)=[NH+][C@@H]2c1ccco1. The van der Waals surface area contributed by atoms with Crippen molar-refractivity contribution in [3.8, 4) is 0 Å². The van der Waals surface area contributed by atoms with Crippen molar-refractivity contribution in [2.45, 2.75) is 19.6 Å². The van der Waals surface area contributed by atoms with E-state index in [1.54, 1.807) is 23.8 Å². The normalized spacial score (nSPS) is 15.9. The molecular weight excluding hydrogens is 318 g/mol. The summed E-state index contributed by atoms with van der Waals surface area (Å²) in [5.74, 6) is 1.78. The lowest BCUT2D eigenvalue weighted by molar-refractivity contribution is -0.525. The molecule has 7 nitrogen and oxygen atoms in total. The molecule has 1 aliphatic heterocycles. The molecule has 0 radical (unpaired) electrons. The third-order valence-corrected chi connectivity index (χ3v) is 3.98. The molecule has 1 aromatic carbocycles. The third kappa shape index (κ3) is 3.03. The molecule has 3 heterocycles. The Hall–Kier alpha value is -3.35. The van der Waals surface area contributed by atoms with Crippen molar-refractivity contribution in [2.75, 3.05) is 5.32 Å². The van der Waals surface area contributed by atoms with Crippen molar-refractivity contribution >= 4 is 11.9 Å². The molecule has 3 N–H and O–H groups in total. The first-order valence-corrected chi connectivity index (χ1v) is 8.02. The summed E-state index contributed by atoms with van der Waals surface area (Å²) in [4.78, 5) is 20.2. The van der Waals surface area contributed by atoms with Gasteiger partial charge in [-0.2, -0.15) is 0 Å². The number of aromatic nitrogens is 2. The van der Waals surface area contributed by atoms with Crippen LogP contribution in [0.5, 0.6) is 0 Å². The molecule has 7 heteroatoms. The van der Waals surface area contributed by atoms with Gasteiger partial charge in [0.05, 0.1) is 12.8 Å². The number of nitrogens with one attached hydrogen (secondary N) is 3. The van der Waals surface area contributed by atoms with Gasteiger partial charge < -0.3 is 4.42 Å². The molecule has 4 rings (SSSR count). The summed E-state index contributed by atoms with van der Waals surface area (Å²) in [6.07, 6.45) is 1.12. The molecular formula is C18H18N5O2+. The van der Waals surface area contributed by atoms with Gasteiger partial charge >= 0.3 is 5.96 Å². The van der Waals surface area contributed by atoms with E-state index < -0.39 is 6.17 Å². The van der Waals surface area contributed by atoms with Gasteiger partial charge in [-0.25, -0.2) is 19.9 Å². The molecule has 0 saturated carbocycles. The van der Waals surface area contributed by atoms with Crippen molar-refractivity contribution in [3.63, 3.8) is 0 Å². The van der Waals surface area contributed by atoms with Gasteiger partial charge in [-0.15, -0.1) is 0 Å². The van der Waals surface area contributed by atoms with Crippen LogP contribution >= 0.6 is 0 Å². The van der Waals surface area contributed by atoms with E-state index in [0.29, 0.717) is 29.9 Å². The van der Waals surface area contributed by atoms with Gasteiger partial charge in [0, 0.05) is 11.8 Å². The Morgan fingerprint density at radius 3 is 2.88 bits per heavy atom. The fourth-order valence-corrected chi connectivity index (χ4v) is 2.82. The number of fused-ring (bicyclic) bond motifs is 1. The molecule has 0 saturated heterocycles. The van der Waals surface area contributed by atoms with Crippen molar-refractivity contribution in [1.82, 2.24) is 14.9 Å². The smallest absolute Gasteiger partial charge is 0.353 e. The summed E-state index contributed by atoms with van der Waals surface area (Å²) < 4.78 is 7.05. The van der Waals surface area contributed by atoms with Gasteiger partial charge in [-0.1, -0.05) is 30.3 Å². The van der Waals surface area contributed by atoms with Crippen molar-refractivity contribution in [1.29, 1.82) is 0 Å². The van der Waals surface area contributed by atoms with Gasteiger partial charge in [0.1, 0.15) is 0 Å². The predicted molar refractivity (Wildman–Crippen MR) is 93.0 cm³/mol. The number of hydrogen-bond acceptors (Lipinski definition) is 5. The van der Waals surface area contributed by atoms with Crippen molar-refractivity contribution in [3.05, 3.63) is 82.2 Å². The summed E-state index contributed by atoms with van der Waals surface area (Å²) in [6.45, 7) is 2.43. The zero-order valence-electron chi connectivity index (χ0n) is 13.7. The molecule has 0 aliphatic carbocycles. The predicted octanol–water partition coefficient (Wildman–Crippen LogP) is 0.344. The molecule has 0 unspecified atom stereocenters. The fraction of sp³-hybridized carbons (Fsp3) is 0.167. The van der Waals surface area contributed by atoms with E-state index >= 15 is 0 Å². The minimum absolute atomic E-state index is 0.147. The second-order valence-corrected chi connectivity index (χ2v) is 5.83. The average molecular weight is 336 g/mol. The molecule has 0 amide bonds. The van der Waals surface area contributed by atoms with Crippen LogP contribution in [0.25, 0.3) is 0 Å². The first-order chi connectivity index (χ1) is 12.2. The quantitative estimate of drug-likeness (QED) is 0.642. The Balaban J connectivity index is 1.68. The second-order valence-electron chi connectivity index (χ2n) is 5.83. The molecule has 25 heavy (non-hydrogen) atoms. The van der Waals surface area contributed by atoms with Crippen LogP contribution in [0, 0.1) is 6.92 Å². The first-order valence-electron chi connectivity index (χ1n) is 8.02. The number of anilines is 1. The van der Waals surface area contributed by atoms with E-state index in [1.165, 1.54) is 6.07 Å². The summed E-state index contributed by atoms with van der Waals surface area (Å²) in [6, 6.07) is 15.2. The van der Waals surface area contributed by atoms with Crippen LogP contribution in [0.1, 0.15) is 23.2 Å².